The Labute approximate surface area is 106 Å². The lowest BCUT2D eigenvalue weighted by Crippen LogP contribution is -2.40. The number of nitrogens with one attached hydrogen (secondary N) is 2. The van der Waals surface area contributed by atoms with E-state index < -0.39 is 12.0 Å². The van der Waals surface area contributed by atoms with Gasteiger partial charge < -0.3 is 19.8 Å². The Kier molecular flexibility index (Phi) is 5.23. The van der Waals surface area contributed by atoms with E-state index in [-0.39, 0.29) is 12.6 Å². The Morgan fingerprint density at radius 3 is 2.72 bits per heavy atom. The van der Waals surface area contributed by atoms with Gasteiger partial charge in [0.25, 0.3) is 0 Å². The minimum atomic E-state index is -0.464. The van der Waals surface area contributed by atoms with Crippen LogP contribution in [0.2, 0.25) is 0 Å². The minimum absolute atomic E-state index is 0.149. The van der Waals surface area contributed by atoms with E-state index in [1.54, 1.807) is 19.9 Å². The molecular formula is C12H18N2O4. The van der Waals surface area contributed by atoms with Crippen LogP contribution in [0.1, 0.15) is 31.4 Å². The van der Waals surface area contributed by atoms with Crippen molar-refractivity contribution in [2.75, 3.05) is 13.2 Å². The van der Waals surface area contributed by atoms with Gasteiger partial charge >= 0.3 is 12.0 Å². The highest BCUT2D eigenvalue weighted by molar-refractivity contribution is 5.80. The number of urea groups is 1. The van der Waals surface area contributed by atoms with Gasteiger partial charge in [-0.15, -0.1) is 0 Å². The molecule has 0 saturated heterocycles. The molecule has 0 aromatic carbocycles. The average molecular weight is 254 g/mol. The van der Waals surface area contributed by atoms with Gasteiger partial charge in [-0.25, -0.2) is 4.79 Å². The highest BCUT2D eigenvalue weighted by Gasteiger charge is 2.13. The molecule has 1 heterocycles. The van der Waals surface area contributed by atoms with E-state index in [1.165, 1.54) is 0 Å². The summed E-state index contributed by atoms with van der Waals surface area (Å²) < 4.78 is 10.1. The van der Waals surface area contributed by atoms with Crippen molar-refractivity contribution < 1.29 is 18.7 Å². The van der Waals surface area contributed by atoms with Crippen molar-refractivity contribution in [3.8, 4) is 0 Å². The van der Waals surface area contributed by atoms with E-state index >= 15 is 0 Å². The van der Waals surface area contributed by atoms with Crippen molar-refractivity contribution >= 4 is 12.0 Å². The summed E-state index contributed by atoms with van der Waals surface area (Å²) in [6.07, 6.45) is 0. The molecular weight excluding hydrogens is 236 g/mol. The molecule has 0 spiro atoms. The Balaban J connectivity index is 2.34. The quantitative estimate of drug-likeness (QED) is 0.780. The molecule has 0 aliphatic carbocycles. The molecule has 6 nitrogen and oxygen atoms in total. The number of aryl methyl sites for hydroxylation is 1. The topological polar surface area (TPSA) is 80.6 Å². The molecule has 0 aliphatic heterocycles. The van der Waals surface area contributed by atoms with Crippen LogP contribution >= 0.6 is 0 Å². The summed E-state index contributed by atoms with van der Waals surface area (Å²) in [4.78, 5) is 22.5. The normalized spacial score (nSPS) is 11.7. The Morgan fingerprint density at radius 1 is 1.44 bits per heavy atom. The maximum absolute atomic E-state index is 11.5. The van der Waals surface area contributed by atoms with Crippen LogP contribution in [0.25, 0.3) is 0 Å². The highest BCUT2D eigenvalue weighted by Crippen LogP contribution is 2.14. The number of carbonyl (C=O) groups excluding carboxylic acids is 2. The zero-order valence-corrected chi connectivity index (χ0v) is 10.8. The molecule has 0 saturated carbocycles. The fraction of sp³-hybridized carbons (Fsp3) is 0.500. The van der Waals surface area contributed by atoms with Crippen molar-refractivity contribution in [3.63, 3.8) is 0 Å². The first-order chi connectivity index (χ1) is 8.52. The largest absolute Gasteiger partial charge is 0.465 e. The van der Waals surface area contributed by atoms with Crippen LogP contribution in [-0.2, 0) is 9.53 Å². The number of ether oxygens (including phenoxy) is 1. The molecule has 1 rings (SSSR count). The monoisotopic (exact) mass is 254 g/mol. The lowest BCUT2D eigenvalue weighted by Gasteiger charge is -2.12. The number of hydrogen-bond donors (Lipinski definition) is 2. The summed E-state index contributed by atoms with van der Waals surface area (Å²) in [5, 5.41) is 5.06. The molecule has 6 heteroatoms. The van der Waals surface area contributed by atoms with Crippen LogP contribution in [0, 0.1) is 6.92 Å². The molecule has 0 radical (unpaired) electrons. The van der Waals surface area contributed by atoms with Crippen molar-refractivity contribution in [3.05, 3.63) is 23.7 Å². The number of amides is 2. The Hall–Kier alpha value is -1.98. The predicted molar refractivity (Wildman–Crippen MR) is 65.0 cm³/mol. The first-order valence-electron chi connectivity index (χ1n) is 5.79. The van der Waals surface area contributed by atoms with Gasteiger partial charge in [-0.3, -0.25) is 4.79 Å². The smallest absolute Gasteiger partial charge is 0.325 e. The van der Waals surface area contributed by atoms with Crippen LogP contribution in [0.5, 0.6) is 0 Å². The van der Waals surface area contributed by atoms with Crippen LogP contribution in [0.15, 0.2) is 16.5 Å². The number of hydrogen-bond acceptors (Lipinski definition) is 4. The summed E-state index contributed by atoms with van der Waals surface area (Å²) in [5.41, 5.74) is 0. The molecule has 2 N–H and O–H groups in total. The van der Waals surface area contributed by atoms with Crippen LogP contribution < -0.4 is 10.6 Å². The van der Waals surface area contributed by atoms with E-state index in [0.29, 0.717) is 12.4 Å². The SMILES string of the molecule is CCOC(=O)CNC(=O)NC(C)c1ccc(C)o1. The Bertz CT molecular complexity index is 414. The van der Waals surface area contributed by atoms with Crippen molar-refractivity contribution in [2.45, 2.75) is 26.8 Å². The summed E-state index contributed by atoms with van der Waals surface area (Å²) in [7, 11) is 0. The first kappa shape index (κ1) is 14.1. The second-order valence-corrected chi connectivity index (χ2v) is 3.80. The van der Waals surface area contributed by atoms with Gasteiger partial charge in [0, 0.05) is 0 Å². The second kappa shape index (κ2) is 6.68. The molecule has 1 aromatic heterocycles. The average Bonchev–Trinajstić information content (AvgIpc) is 2.74. The molecule has 0 fully saturated rings. The third-order valence-corrected chi connectivity index (χ3v) is 2.23. The molecule has 1 unspecified atom stereocenters. The third kappa shape index (κ3) is 4.48. The van der Waals surface area contributed by atoms with E-state index in [2.05, 4.69) is 15.4 Å². The number of esters is 1. The standard InChI is InChI=1S/C12H18N2O4/c1-4-17-11(15)7-13-12(16)14-9(3)10-6-5-8(2)18-10/h5-6,9H,4,7H2,1-3H3,(H2,13,14,16). The summed E-state index contributed by atoms with van der Waals surface area (Å²) in [5.74, 6) is 0.985. The number of rotatable bonds is 5. The van der Waals surface area contributed by atoms with E-state index in [0.717, 1.165) is 5.76 Å². The molecule has 18 heavy (non-hydrogen) atoms. The van der Waals surface area contributed by atoms with Crippen molar-refractivity contribution in [2.24, 2.45) is 0 Å². The molecule has 100 valence electrons. The number of carbonyl (C=O) groups is 2. The lowest BCUT2D eigenvalue weighted by molar-refractivity contribution is -0.141. The van der Waals surface area contributed by atoms with Gasteiger partial charge in [0.2, 0.25) is 0 Å². The van der Waals surface area contributed by atoms with Gasteiger partial charge in [-0.1, -0.05) is 0 Å². The zero-order valence-electron chi connectivity index (χ0n) is 10.8. The maximum atomic E-state index is 11.5. The van der Waals surface area contributed by atoms with Gasteiger partial charge in [0.1, 0.15) is 18.1 Å². The van der Waals surface area contributed by atoms with Crippen LogP contribution in [0.4, 0.5) is 4.79 Å². The first-order valence-corrected chi connectivity index (χ1v) is 5.79. The molecule has 2 amide bonds. The highest BCUT2D eigenvalue weighted by atomic mass is 16.5. The van der Waals surface area contributed by atoms with Crippen LogP contribution in [-0.4, -0.2) is 25.2 Å². The van der Waals surface area contributed by atoms with E-state index in [1.807, 2.05) is 13.0 Å². The van der Waals surface area contributed by atoms with Crippen LogP contribution in [0.3, 0.4) is 0 Å². The maximum Gasteiger partial charge on any atom is 0.325 e. The van der Waals surface area contributed by atoms with E-state index in [4.69, 9.17) is 4.42 Å². The lowest BCUT2D eigenvalue weighted by atomic mass is 10.2. The van der Waals surface area contributed by atoms with Gasteiger partial charge in [0.05, 0.1) is 12.6 Å². The molecule has 0 bridgehead atoms. The molecule has 0 aliphatic rings. The molecule has 1 atom stereocenters. The predicted octanol–water partition coefficient (Wildman–Crippen LogP) is 1.51. The van der Waals surface area contributed by atoms with Gasteiger partial charge in [-0.05, 0) is 32.9 Å². The summed E-state index contributed by atoms with van der Waals surface area (Å²) >= 11 is 0. The van der Waals surface area contributed by atoms with Crippen molar-refractivity contribution in [1.29, 1.82) is 0 Å². The third-order valence-electron chi connectivity index (χ3n) is 2.23. The van der Waals surface area contributed by atoms with Gasteiger partial charge in [-0.2, -0.15) is 0 Å². The zero-order chi connectivity index (χ0) is 13.5. The second-order valence-electron chi connectivity index (χ2n) is 3.80. The Morgan fingerprint density at radius 2 is 2.17 bits per heavy atom. The van der Waals surface area contributed by atoms with Gasteiger partial charge in [0.15, 0.2) is 0 Å². The van der Waals surface area contributed by atoms with Crippen molar-refractivity contribution in [1.82, 2.24) is 10.6 Å². The van der Waals surface area contributed by atoms with E-state index in [9.17, 15) is 9.59 Å². The minimum Gasteiger partial charge on any atom is -0.465 e. The summed E-state index contributed by atoms with van der Waals surface area (Å²) in [6.45, 7) is 5.48. The molecule has 1 aromatic rings. The summed E-state index contributed by atoms with van der Waals surface area (Å²) in [6, 6.07) is 2.92. The fourth-order valence-corrected chi connectivity index (χ4v) is 1.37. The number of furan rings is 1. The fourth-order valence-electron chi connectivity index (χ4n) is 1.37.